The standard InChI is InChI=1S/C18H16BrN3O3/c1-24-14-6-3-11(9-15(14)25-2)18-13(5-7-16(20)23)22-10-12(19)4-8-17(22)21-18/h3-10H,1-2H3,(H2,20,23)/b7-5+. The molecular weight excluding hydrogens is 386 g/mol. The van der Waals surface area contributed by atoms with Gasteiger partial charge < -0.3 is 15.2 Å². The molecule has 3 rings (SSSR count). The molecule has 0 radical (unpaired) electrons. The van der Waals surface area contributed by atoms with Gasteiger partial charge in [-0.25, -0.2) is 4.98 Å². The summed E-state index contributed by atoms with van der Waals surface area (Å²) in [6.45, 7) is 0. The SMILES string of the molecule is COc1ccc(-c2nc3ccc(Br)cn3c2/C=C/C(N)=O)cc1OC. The molecule has 0 unspecified atom stereocenters. The van der Waals surface area contributed by atoms with Crippen molar-refractivity contribution in [3.05, 3.63) is 52.8 Å². The van der Waals surface area contributed by atoms with Crippen molar-refractivity contribution in [2.24, 2.45) is 5.73 Å². The van der Waals surface area contributed by atoms with Crippen molar-refractivity contribution < 1.29 is 14.3 Å². The first-order chi connectivity index (χ1) is 12.0. The Morgan fingerprint density at radius 2 is 1.96 bits per heavy atom. The van der Waals surface area contributed by atoms with Crippen LogP contribution < -0.4 is 15.2 Å². The fraction of sp³-hybridized carbons (Fsp3) is 0.111. The predicted octanol–water partition coefficient (Wildman–Crippen LogP) is 3.28. The van der Waals surface area contributed by atoms with Crippen LogP contribution in [0.25, 0.3) is 23.0 Å². The van der Waals surface area contributed by atoms with Crippen LogP contribution in [0.3, 0.4) is 0 Å². The quantitative estimate of drug-likeness (QED) is 0.665. The lowest BCUT2D eigenvalue weighted by Crippen LogP contribution is -2.05. The smallest absolute Gasteiger partial charge is 0.241 e. The summed E-state index contributed by atoms with van der Waals surface area (Å²) in [6, 6.07) is 9.34. The fourth-order valence-electron chi connectivity index (χ4n) is 2.55. The van der Waals surface area contributed by atoms with E-state index in [1.807, 2.05) is 40.9 Å². The second-order valence-corrected chi connectivity index (χ2v) is 6.14. The molecule has 1 aromatic carbocycles. The number of carbonyl (C=O) groups is 1. The van der Waals surface area contributed by atoms with Gasteiger partial charge >= 0.3 is 0 Å². The number of aromatic nitrogens is 2. The molecule has 2 N–H and O–H groups in total. The Balaban J connectivity index is 2.24. The molecule has 1 amide bonds. The summed E-state index contributed by atoms with van der Waals surface area (Å²) >= 11 is 3.45. The van der Waals surface area contributed by atoms with Crippen LogP contribution in [-0.4, -0.2) is 29.5 Å². The molecule has 0 saturated carbocycles. The van der Waals surface area contributed by atoms with Crippen molar-refractivity contribution in [2.75, 3.05) is 14.2 Å². The highest BCUT2D eigenvalue weighted by Crippen LogP contribution is 2.34. The molecule has 7 heteroatoms. The van der Waals surface area contributed by atoms with Gasteiger partial charge in [-0.3, -0.25) is 9.20 Å². The van der Waals surface area contributed by atoms with E-state index in [0.717, 1.165) is 21.4 Å². The third kappa shape index (κ3) is 3.36. The molecule has 2 aromatic heterocycles. The fourth-order valence-corrected chi connectivity index (χ4v) is 2.89. The van der Waals surface area contributed by atoms with Crippen LogP contribution in [0.5, 0.6) is 11.5 Å². The van der Waals surface area contributed by atoms with Crippen LogP contribution in [-0.2, 0) is 4.79 Å². The van der Waals surface area contributed by atoms with Gasteiger partial charge in [0.15, 0.2) is 11.5 Å². The summed E-state index contributed by atoms with van der Waals surface area (Å²) in [6.07, 6.45) is 4.85. The van der Waals surface area contributed by atoms with Gasteiger partial charge in [0.25, 0.3) is 0 Å². The summed E-state index contributed by atoms with van der Waals surface area (Å²) in [4.78, 5) is 15.9. The summed E-state index contributed by atoms with van der Waals surface area (Å²) in [5.74, 6) is 0.707. The molecule has 25 heavy (non-hydrogen) atoms. The summed E-state index contributed by atoms with van der Waals surface area (Å²) < 4.78 is 13.4. The normalized spacial score (nSPS) is 11.2. The van der Waals surface area contributed by atoms with Crippen LogP contribution in [0.4, 0.5) is 0 Å². The van der Waals surface area contributed by atoms with Crippen molar-refractivity contribution in [1.29, 1.82) is 0 Å². The van der Waals surface area contributed by atoms with Gasteiger partial charge in [0.05, 0.1) is 25.6 Å². The summed E-state index contributed by atoms with van der Waals surface area (Å²) in [5.41, 5.74) is 8.28. The Kier molecular flexibility index (Phi) is 4.76. The molecule has 0 atom stereocenters. The second kappa shape index (κ2) is 6.98. The topological polar surface area (TPSA) is 78.9 Å². The van der Waals surface area contributed by atoms with Crippen molar-refractivity contribution >= 4 is 33.6 Å². The number of amides is 1. The van der Waals surface area contributed by atoms with Crippen LogP contribution in [0.2, 0.25) is 0 Å². The maximum atomic E-state index is 11.2. The second-order valence-electron chi connectivity index (χ2n) is 5.23. The van der Waals surface area contributed by atoms with E-state index in [4.69, 9.17) is 15.2 Å². The molecular formula is C18H16BrN3O3. The number of methoxy groups -OCH3 is 2. The number of nitrogens with two attached hydrogens (primary N) is 1. The Hall–Kier alpha value is -2.80. The van der Waals surface area contributed by atoms with E-state index in [2.05, 4.69) is 20.9 Å². The maximum absolute atomic E-state index is 11.2. The number of carbonyl (C=O) groups excluding carboxylic acids is 1. The highest BCUT2D eigenvalue weighted by atomic mass is 79.9. The van der Waals surface area contributed by atoms with Crippen molar-refractivity contribution in [3.63, 3.8) is 0 Å². The van der Waals surface area contributed by atoms with Crippen molar-refractivity contribution in [1.82, 2.24) is 9.38 Å². The highest BCUT2D eigenvalue weighted by molar-refractivity contribution is 9.10. The highest BCUT2D eigenvalue weighted by Gasteiger charge is 2.15. The van der Waals surface area contributed by atoms with Gasteiger partial charge in [0.1, 0.15) is 5.65 Å². The average Bonchev–Trinajstić information content (AvgIpc) is 2.96. The van der Waals surface area contributed by atoms with Gasteiger partial charge in [0, 0.05) is 22.3 Å². The van der Waals surface area contributed by atoms with Gasteiger partial charge in [-0.05, 0) is 52.3 Å². The number of fused-ring (bicyclic) bond motifs is 1. The zero-order valence-corrected chi connectivity index (χ0v) is 15.3. The molecule has 2 heterocycles. The number of halogens is 1. The Morgan fingerprint density at radius 1 is 1.20 bits per heavy atom. The number of hydrogen-bond donors (Lipinski definition) is 1. The van der Waals surface area contributed by atoms with Crippen molar-refractivity contribution in [3.8, 4) is 22.8 Å². The lowest BCUT2D eigenvalue weighted by atomic mass is 10.1. The molecule has 0 saturated heterocycles. The molecule has 0 aliphatic rings. The van der Waals surface area contributed by atoms with Crippen molar-refractivity contribution in [2.45, 2.75) is 0 Å². The number of hydrogen-bond acceptors (Lipinski definition) is 4. The molecule has 3 aromatic rings. The first-order valence-corrected chi connectivity index (χ1v) is 8.20. The molecule has 0 aliphatic carbocycles. The number of rotatable bonds is 5. The Morgan fingerprint density at radius 3 is 2.64 bits per heavy atom. The Labute approximate surface area is 153 Å². The van der Waals surface area contributed by atoms with Gasteiger partial charge in [-0.2, -0.15) is 0 Å². The maximum Gasteiger partial charge on any atom is 0.241 e. The van der Waals surface area contributed by atoms with Gasteiger partial charge in [-0.1, -0.05) is 0 Å². The molecule has 0 spiro atoms. The monoisotopic (exact) mass is 401 g/mol. The lowest BCUT2D eigenvalue weighted by Gasteiger charge is -2.09. The third-order valence-corrected chi connectivity index (χ3v) is 4.15. The number of nitrogens with zero attached hydrogens (tertiary/aromatic N) is 2. The summed E-state index contributed by atoms with van der Waals surface area (Å²) in [5, 5.41) is 0. The Bertz CT molecular complexity index is 979. The van der Waals surface area contributed by atoms with Crippen LogP contribution in [0.1, 0.15) is 5.69 Å². The van der Waals surface area contributed by atoms with E-state index in [1.165, 1.54) is 6.08 Å². The molecule has 0 bridgehead atoms. The van der Waals surface area contributed by atoms with Crippen LogP contribution >= 0.6 is 15.9 Å². The number of benzene rings is 1. The van der Waals surface area contributed by atoms with E-state index in [-0.39, 0.29) is 0 Å². The first-order valence-electron chi connectivity index (χ1n) is 7.41. The lowest BCUT2D eigenvalue weighted by molar-refractivity contribution is -0.113. The van der Waals surface area contributed by atoms with E-state index in [1.54, 1.807) is 20.3 Å². The number of pyridine rings is 1. The molecule has 0 aliphatic heterocycles. The predicted molar refractivity (Wildman–Crippen MR) is 99.7 cm³/mol. The largest absolute Gasteiger partial charge is 0.493 e. The minimum Gasteiger partial charge on any atom is -0.493 e. The molecule has 0 fully saturated rings. The van der Waals surface area contributed by atoms with Gasteiger partial charge in [-0.15, -0.1) is 0 Å². The summed E-state index contributed by atoms with van der Waals surface area (Å²) in [7, 11) is 3.16. The third-order valence-electron chi connectivity index (χ3n) is 3.68. The number of ether oxygens (including phenoxy) is 2. The number of imidazole rings is 1. The van der Waals surface area contributed by atoms with Crippen LogP contribution in [0.15, 0.2) is 47.1 Å². The van der Waals surface area contributed by atoms with E-state index in [9.17, 15) is 4.79 Å². The zero-order valence-electron chi connectivity index (χ0n) is 13.7. The van der Waals surface area contributed by atoms with E-state index >= 15 is 0 Å². The first kappa shape index (κ1) is 17.0. The molecule has 6 nitrogen and oxygen atoms in total. The average molecular weight is 402 g/mol. The van der Waals surface area contributed by atoms with Gasteiger partial charge in [0.2, 0.25) is 5.91 Å². The van der Waals surface area contributed by atoms with E-state index < -0.39 is 5.91 Å². The number of primary amides is 1. The van der Waals surface area contributed by atoms with Crippen LogP contribution in [0, 0.1) is 0 Å². The minimum absolute atomic E-state index is 0.525. The minimum atomic E-state index is -0.525. The van der Waals surface area contributed by atoms with E-state index in [0.29, 0.717) is 17.2 Å². The molecule has 128 valence electrons. The zero-order chi connectivity index (χ0) is 18.0.